The third-order valence-electron chi connectivity index (χ3n) is 4.45. The summed E-state index contributed by atoms with van der Waals surface area (Å²) in [5.74, 6) is 0.845. The highest BCUT2D eigenvalue weighted by molar-refractivity contribution is 6.03. The summed E-state index contributed by atoms with van der Waals surface area (Å²) in [5, 5.41) is 7.02. The maximum absolute atomic E-state index is 5.27. The fraction of sp³-hybridized carbons (Fsp3) is 0.143. The zero-order valence-electron chi connectivity index (χ0n) is 14.0. The van der Waals surface area contributed by atoms with Crippen LogP contribution in [0.5, 0.6) is 5.75 Å². The molecule has 0 aliphatic carbocycles. The van der Waals surface area contributed by atoms with E-state index in [-0.39, 0.29) is 6.04 Å². The van der Waals surface area contributed by atoms with Crippen LogP contribution in [-0.2, 0) is 0 Å². The zero-order valence-corrected chi connectivity index (χ0v) is 14.0. The molecule has 124 valence electrons. The van der Waals surface area contributed by atoms with Crippen LogP contribution in [0, 0.1) is 0 Å². The molecule has 4 heteroatoms. The van der Waals surface area contributed by atoms with Gasteiger partial charge in [0.25, 0.3) is 0 Å². The number of ether oxygens (including phenoxy) is 1. The Bertz CT molecular complexity index is 861. The summed E-state index contributed by atoms with van der Waals surface area (Å²) in [6.07, 6.45) is 4.48. The summed E-state index contributed by atoms with van der Waals surface area (Å²) in [4.78, 5) is 4.11. The van der Waals surface area contributed by atoms with E-state index in [0.29, 0.717) is 0 Å². The van der Waals surface area contributed by atoms with E-state index in [1.165, 1.54) is 5.56 Å². The summed E-state index contributed by atoms with van der Waals surface area (Å²) in [7, 11) is 1.68. The summed E-state index contributed by atoms with van der Waals surface area (Å²) in [5.41, 5.74) is 4.50. The van der Waals surface area contributed by atoms with Crippen molar-refractivity contribution in [3.8, 4) is 5.75 Å². The number of anilines is 1. The molecule has 4 rings (SSSR count). The quantitative estimate of drug-likeness (QED) is 0.710. The summed E-state index contributed by atoms with van der Waals surface area (Å²) >= 11 is 0. The summed E-state index contributed by atoms with van der Waals surface area (Å²) in [6, 6.07) is 22.8. The third-order valence-corrected chi connectivity index (χ3v) is 4.45. The lowest BCUT2D eigenvalue weighted by Gasteiger charge is -2.24. The van der Waals surface area contributed by atoms with Crippen molar-refractivity contribution >= 4 is 11.4 Å². The average Bonchev–Trinajstić information content (AvgIpc) is 3.15. The van der Waals surface area contributed by atoms with Gasteiger partial charge in [-0.05, 0) is 42.0 Å². The number of hydrogen-bond acceptors (Lipinski definition) is 4. The van der Waals surface area contributed by atoms with E-state index in [0.717, 1.165) is 29.1 Å². The lowest BCUT2D eigenvalue weighted by atomic mass is 9.99. The van der Waals surface area contributed by atoms with Crippen molar-refractivity contribution in [3.63, 3.8) is 0 Å². The molecule has 1 atom stereocenters. The maximum atomic E-state index is 5.27. The second kappa shape index (κ2) is 6.77. The van der Waals surface area contributed by atoms with Crippen molar-refractivity contribution in [1.82, 2.24) is 4.98 Å². The fourth-order valence-corrected chi connectivity index (χ4v) is 3.14. The molecule has 1 aliphatic heterocycles. The number of aromatic nitrogens is 1. The van der Waals surface area contributed by atoms with Crippen molar-refractivity contribution in [3.05, 3.63) is 90.3 Å². The molecule has 0 bridgehead atoms. The molecule has 0 fully saturated rings. The molecule has 1 unspecified atom stereocenters. The van der Waals surface area contributed by atoms with Gasteiger partial charge in [0.2, 0.25) is 0 Å². The first-order valence-corrected chi connectivity index (χ1v) is 8.31. The van der Waals surface area contributed by atoms with Crippen molar-refractivity contribution in [2.24, 2.45) is 5.10 Å². The molecule has 0 saturated carbocycles. The van der Waals surface area contributed by atoms with Gasteiger partial charge in [-0.25, -0.2) is 0 Å². The van der Waals surface area contributed by atoms with Gasteiger partial charge in [0, 0.05) is 24.4 Å². The van der Waals surface area contributed by atoms with Crippen LogP contribution in [0.4, 0.5) is 5.69 Å². The van der Waals surface area contributed by atoms with E-state index in [1.807, 2.05) is 54.9 Å². The van der Waals surface area contributed by atoms with E-state index in [9.17, 15) is 0 Å². The number of rotatable bonds is 4. The highest BCUT2D eigenvalue weighted by Gasteiger charge is 2.29. The molecule has 1 aromatic heterocycles. The van der Waals surface area contributed by atoms with E-state index in [4.69, 9.17) is 9.84 Å². The standard InChI is InChI=1S/C21H19N3O/c1-25-19-9-7-18(8-10-19)24-21(17-5-3-2-4-6-17)15-20(23-24)16-11-13-22-14-12-16/h2-14,21H,15H2,1H3. The van der Waals surface area contributed by atoms with Crippen LogP contribution in [0.3, 0.4) is 0 Å². The monoisotopic (exact) mass is 329 g/mol. The van der Waals surface area contributed by atoms with Crippen molar-refractivity contribution in [2.45, 2.75) is 12.5 Å². The van der Waals surface area contributed by atoms with Gasteiger partial charge in [-0.15, -0.1) is 0 Å². The van der Waals surface area contributed by atoms with Gasteiger partial charge in [-0.3, -0.25) is 9.99 Å². The van der Waals surface area contributed by atoms with Crippen LogP contribution in [0.15, 0.2) is 84.2 Å². The van der Waals surface area contributed by atoms with Gasteiger partial charge in [0.15, 0.2) is 0 Å². The third kappa shape index (κ3) is 3.11. The van der Waals surface area contributed by atoms with Crippen LogP contribution in [0.2, 0.25) is 0 Å². The predicted octanol–water partition coefficient (Wildman–Crippen LogP) is 4.45. The SMILES string of the molecule is COc1ccc(N2N=C(c3ccncc3)CC2c2ccccc2)cc1. The molecule has 0 saturated heterocycles. The minimum absolute atomic E-state index is 0.178. The first kappa shape index (κ1) is 15.4. The number of hydrogen-bond donors (Lipinski definition) is 0. The molecule has 0 N–H and O–H groups in total. The van der Waals surface area contributed by atoms with Crippen molar-refractivity contribution in [1.29, 1.82) is 0 Å². The van der Waals surface area contributed by atoms with Crippen LogP contribution >= 0.6 is 0 Å². The summed E-state index contributed by atoms with van der Waals surface area (Å²) in [6.45, 7) is 0. The second-order valence-electron chi connectivity index (χ2n) is 5.96. The fourth-order valence-electron chi connectivity index (χ4n) is 3.14. The predicted molar refractivity (Wildman–Crippen MR) is 100 cm³/mol. The van der Waals surface area contributed by atoms with E-state index < -0.39 is 0 Å². The van der Waals surface area contributed by atoms with Crippen LogP contribution in [0.1, 0.15) is 23.6 Å². The van der Waals surface area contributed by atoms with Crippen molar-refractivity contribution in [2.75, 3.05) is 12.1 Å². The van der Waals surface area contributed by atoms with Gasteiger partial charge in [0.05, 0.1) is 24.6 Å². The lowest BCUT2D eigenvalue weighted by Crippen LogP contribution is -2.18. The first-order chi connectivity index (χ1) is 12.3. The lowest BCUT2D eigenvalue weighted by molar-refractivity contribution is 0.415. The Labute approximate surface area is 147 Å². The molecular formula is C21H19N3O. The molecule has 25 heavy (non-hydrogen) atoms. The van der Waals surface area contributed by atoms with E-state index in [2.05, 4.69) is 34.3 Å². The second-order valence-corrected chi connectivity index (χ2v) is 5.96. The minimum atomic E-state index is 0.178. The number of pyridine rings is 1. The van der Waals surface area contributed by atoms with Gasteiger partial charge in [0.1, 0.15) is 5.75 Å². The van der Waals surface area contributed by atoms with Crippen LogP contribution < -0.4 is 9.75 Å². The average molecular weight is 329 g/mol. The van der Waals surface area contributed by atoms with E-state index in [1.54, 1.807) is 7.11 Å². The highest BCUT2D eigenvalue weighted by atomic mass is 16.5. The normalized spacial score (nSPS) is 16.6. The number of methoxy groups -OCH3 is 1. The number of nitrogens with zero attached hydrogens (tertiary/aromatic N) is 3. The molecule has 1 aliphatic rings. The Morgan fingerprint density at radius 3 is 2.32 bits per heavy atom. The largest absolute Gasteiger partial charge is 0.497 e. The molecule has 0 radical (unpaired) electrons. The topological polar surface area (TPSA) is 37.7 Å². The van der Waals surface area contributed by atoms with Crippen LogP contribution in [-0.4, -0.2) is 17.8 Å². The highest BCUT2D eigenvalue weighted by Crippen LogP contribution is 2.37. The molecule has 4 nitrogen and oxygen atoms in total. The van der Waals surface area contributed by atoms with Gasteiger partial charge < -0.3 is 4.74 Å². The Balaban J connectivity index is 1.73. The smallest absolute Gasteiger partial charge is 0.119 e. The van der Waals surface area contributed by atoms with Gasteiger partial charge in [-0.2, -0.15) is 5.10 Å². The molecule has 3 aromatic rings. The van der Waals surface area contributed by atoms with E-state index >= 15 is 0 Å². The van der Waals surface area contributed by atoms with Crippen molar-refractivity contribution < 1.29 is 4.74 Å². The van der Waals surface area contributed by atoms with Gasteiger partial charge in [-0.1, -0.05) is 30.3 Å². The molecule has 2 heterocycles. The maximum Gasteiger partial charge on any atom is 0.119 e. The minimum Gasteiger partial charge on any atom is -0.497 e. The summed E-state index contributed by atoms with van der Waals surface area (Å²) < 4.78 is 5.27. The first-order valence-electron chi connectivity index (χ1n) is 8.31. The Morgan fingerprint density at radius 2 is 1.64 bits per heavy atom. The van der Waals surface area contributed by atoms with Gasteiger partial charge >= 0.3 is 0 Å². The Morgan fingerprint density at radius 1 is 0.920 bits per heavy atom. The molecule has 0 spiro atoms. The number of benzene rings is 2. The molecular weight excluding hydrogens is 310 g/mol. The Kier molecular flexibility index (Phi) is 4.17. The van der Waals surface area contributed by atoms with Crippen LogP contribution in [0.25, 0.3) is 0 Å². The zero-order chi connectivity index (χ0) is 17.1. The molecule has 0 amide bonds. The molecule has 2 aromatic carbocycles. The number of hydrazone groups is 1. The Hall–Kier alpha value is -3.14.